The zero-order chi connectivity index (χ0) is 4.83. The number of halogens is 2. The average Bonchev–Trinajstić information content (AvgIpc) is 1.61. The SMILES string of the molecule is CCNCCCl.Cl. The van der Waals surface area contributed by atoms with E-state index in [9.17, 15) is 0 Å². The van der Waals surface area contributed by atoms with Crippen molar-refractivity contribution in [2.75, 3.05) is 19.0 Å². The molecule has 0 saturated carbocycles. The quantitative estimate of drug-likeness (QED) is 0.464. The highest BCUT2D eigenvalue weighted by molar-refractivity contribution is 6.18. The Morgan fingerprint density at radius 3 is 2.29 bits per heavy atom. The molecule has 3 heteroatoms. The fraction of sp³-hybridized carbons (Fsp3) is 1.00. The molecule has 7 heavy (non-hydrogen) atoms. The van der Waals surface area contributed by atoms with Gasteiger partial charge in [-0.2, -0.15) is 0 Å². The van der Waals surface area contributed by atoms with Crippen LogP contribution in [0.4, 0.5) is 0 Å². The van der Waals surface area contributed by atoms with Gasteiger partial charge >= 0.3 is 0 Å². The number of hydrogen-bond acceptors (Lipinski definition) is 1. The van der Waals surface area contributed by atoms with Crippen LogP contribution in [0.5, 0.6) is 0 Å². The smallest absolute Gasteiger partial charge is 0.0348 e. The van der Waals surface area contributed by atoms with E-state index >= 15 is 0 Å². The molecule has 0 heterocycles. The molecule has 0 bridgehead atoms. The van der Waals surface area contributed by atoms with Crippen molar-refractivity contribution in [3.63, 3.8) is 0 Å². The third kappa shape index (κ3) is 10.8. The second kappa shape index (κ2) is 9.74. The summed E-state index contributed by atoms with van der Waals surface area (Å²) in [6, 6.07) is 0. The third-order valence-electron chi connectivity index (χ3n) is 0.521. The van der Waals surface area contributed by atoms with Gasteiger partial charge in [-0.05, 0) is 6.54 Å². The predicted octanol–water partition coefficient (Wildman–Crippen LogP) is 1.26. The summed E-state index contributed by atoms with van der Waals surface area (Å²) in [6.07, 6.45) is 0. The molecule has 0 unspecified atom stereocenters. The second-order valence-corrected chi connectivity index (χ2v) is 1.42. The molecule has 0 aromatic carbocycles. The van der Waals surface area contributed by atoms with Gasteiger partial charge in [-0.1, -0.05) is 6.92 Å². The van der Waals surface area contributed by atoms with Gasteiger partial charge in [0.15, 0.2) is 0 Å². The Balaban J connectivity index is 0. The molecule has 0 radical (unpaired) electrons. The summed E-state index contributed by atoms with van der Waals surface area (Å²) in [4.78, 5) is 0. The summed E-state index contributed by atoms with van der Waals surface area (Å²) in [5.74, 6) is 0.716. The Kier molecular flexibility index (Phi) is 14.6. The molecule has 0 aliphatic rings. The summed E-state index contributed by atoms with van der Waals surface area (Å²) < 4.78 is 0. The summed E-state index contributed by atoms with van der Waals surface area (Å²) in [7, 11) is 0. The standard InChI is InChI=1S/C4H10ClN.ClH/c1-2-6-4-3-5;/h6H,2-4H2,1H3;1H. The Hall–Kier alpha value is 0.540. The second-order valence-electron chi connectivity index (χ2n) is 1.04. The molecule has 0 aliphatic heterocycles. The van der Waals surface area contributed by atoms with Gasteiger partial charge in [0.25, 0.3) is 0 Å². The highest BCUT2D eigenvalue weighted by Gasteiger charge is 1.73. The molecule has 0 fully saturated rings. The normalized spacial score (nSPS) is 7.71. The van der Waals surface area contributed by atoms with E-state index in [-0.39, 0.29) is 12.4 Å². The van der Waals surface area contributed by atoms with Gasteiger partial charge in [-0.3, -0.25) is 0 Å². The molecule has 46 valence electrons. The molecule has 0 amide bonds. The van der Waals surface area contributed by atoms with Crippen LogP contribution in [0.3, 0.4) is 0 Å². The average molecular weight is 144 g/mol. The minimum absolute atomic E-state index is 0. The van der Waals surface area contributed by atoms with Gasteiger partial charge in [-0.25, -0.2) is 0 Å². The maximum Gasteiger partial charge on any atom is 0.0348 e. The van der Waals surface area contributed by atoms with E-state index in [0.29, 0.717) is 5.88 Å². The monoisotopic (exact) mass is 143 g/mol. The van der Waals surface area contributed by atoms with Gasteiger partial charge in [-0.15, -0.1) is 24.0 Å². The van der Waals surface area contributed by atoms with E-state index in [4.69, 9.17) is 11.6 Å². The third-order valence-corrected chi connectivity index (χ3v) is 0.710. The summed E-state index contributed by atoms with van der Waals surface area (Å²) in [5.41, 5.74) is 0. The van der Waals surface area contributed by atoms with E-state index < -0.39 is 0 Å². The molecule has 0 spiro atoms. The van der Waals surface area contributed by atoms with Crippen molar-refractivity contribution in [2.24, 2.45) is 0 Å². The Morgan fingerprint density at radius 1 is 1.57 bits per heavy atom. The van der Waals surface area contributed by atoms with Crippen molar-refractivity contribution in [3.8, 4) is 0 Å². The number of alkyl halides is 1. The van der Waals surface area contributed by atoms with Crippen LogP contribution < -0.4 is 5.32 Å². The summed E-state index contributed by atoms with van der Waals surface area (Å²) in [5, 5.41) is 3.07. The van der Waals surface area contributed by atoms with Crippen LogP contribution in [-0.2, 0) is 0 Å². The zero-order valence-corrected chi connectivity index (χ0v) is 5.98. The fourth-order valence-electron chi connectivity index (χ4n) is 0.244. The van der Waals surface area contributed by atoms with E-state index in [1.54, 1.807) is 0 Å². The molecular formula is C4H11Cl2N. The topological polar surface area (TPSA) is 12.0 Å². The molecule has 0 aromatic rings. The van der Waals surface area contributed by atoms with Crippen LogP contribution >= 0.6 is 24.0 Å². The van der Waals surface area contributed by atoms with E-state index in [1.165, 1.54) is 0 Å². The van der Waals surface area contributed by atoms with Crippen molar-refractivity contribution in [1.82, 2.24) is 5.32 Å². The van der Waals surface area contributed by atoms with Crippen LogP contribution in [0, 0.1) is 0 Å². The number of nitrogens with one attached hydrogen (secondary N) is 1. The van der Waals surface area contributed by atoms with Crippen molar-refractivity contribution in [2.45, 2.75) is 6.92 Å². The van der Waals surface area contributed by atoms with E-state index in [0.717, 1.165) is 13.1 Å². The van der Waals surface area contributed by atoms with Crippen LogP contribution in [0.15, 0.2) is 0 Å². The molecule has 0 aliphatic carbocycles. The lowest BCUT2D eigenvalue weighted by Crippen LogP contribution is -2.14. The maximum absolute atomic E-state index is 5.32. The fourth-order valence-corrected chi connectivity index (χ4v) is 0.377. The maximum atomic E-state index is 5.32. The largest absolute Gasteiger partial charge is 0.316 e. The summed E-state index contributed by atoms with van der Waals surface area (Å²) >= 11 is 5.32. The van der Waals surface area contributed by atoms with Gasteiger partial charge in [0.1, 0.15) is 0 Å². The van der Waals surface area contributed by atoms with E-state index in [2.05, 4.69) is 12.2 Å². The van der Waals surface area contributed by atoms with Crippen molar-refractivity contribution >= 4 is 24.0 Å². The summed E-state index contributed by atoms with van der Waals surface area (Å²) in [6.45, 7) is 4.01. The van der Waals surface area contributed by atoms with Crippen LogP contribution in [0.2, 0.25) is 0 Å². The molecule has 0 rings (SSSR count). The minimum atomic E-state index is 0. The van der Waals surface area contributed by atoms with Crippen molar-refractivity contribution in [3.05, 3.63) is 0 Å². The van der Waals surface area contributed by atoms with E-state index in [1.807, 2.05) is 0 Å². The lowest BCUT2D eigenvalue weighted by molar-refractivity contribution is 0.766. The van der Waals surface area contributed by atoms with Crippen molar-refractivity contribution < 1.29 is 0 Å². The first-order chi connectivity index (χ1) is 2.91. The molecule has 1 nitrogen and oxygen atoms in total. The van der Waals surface area contributed by atoms with Gasteiger partial charge in [0.2, 0.25) is 0 Å². The lowest BCUT2D eigenvalue weighted by Gasteiger charge is -1.90. The Bertz CT molecular complexity index is 21.7. The molecule has 0 atom stereocenters. The van der Waals surface area contributed by atoms with Crippen LogP contribution in [0.1, 0.15) is 6.92 Å². The Labute approximate surface area is 55.8 Å². The number of rotatable bonds is 3. The molecule has 0 saturated heterocycles. The first kappa shape index (κ1) is 10.5. The highest BCUT2D eigenvalue weighted by Crippen LogP contribution is 1.66. The minimum Gasteiger partial charge on any atom is -0.316 e. The van der Waals surface area contributed by atoms with Gasteiger partial charge < -0.3 is 5.32 Å². The lowest BCUT2D eigenvalue weighted by atomic mass is 10.7. The molecule has 0 aromatic heterocycles. The van der Waals surface area contributed by atoms with Crippen molar-refractivity contribution in [1.29, 1.82) is 0 Å². The first-order valence-corrected chi connectivity index (χ1v) is 2.72. The predicted molar refractivity (Wildman–Crippen MR) is 36.5 cm³/mol. The Morgan fingerprint density at radius 2 is 2.14 bits per heavy atom. The van der Waals surface area contributed by atoms with Gasteiger partial charge in [0.05, 0.1) is 0 Å². The van der Waals surface area contributed by atoms with Crippen LogP contribution in [0.25, 0.3) is 0 Å². The molecular weight excluding hydrogens is 133 g/mol. The zero-order valence-electron chi connectivity index (χ0n) is 4.41. The van der Waals surface area contributed by atoms with Gasteiger partial charge in [0, 0.05) is 12.4 Å². The number of hydrogen-bond donors (Lipinski definition) is 1. The molecule has 1 N–H and O–H groups in total. The van der Waals surface area contributed by atoms with Crippen LogP contribution in [-0.4, -0.2) is 19.0 Å². The highest BCUT2D eigenvalue weighted by atomic mass is 35.5. The first-order valence-electron chi connectivity index (χ1n) is 2.18.